The van der Waals surface area contributed by atoms with Crippen molar-refractivity contribution in [3.05, 3.63) is 71.6 Å². The van der Waals surface area contributed by atoms with Crippen molar-refractivity contribution >= 4 is 17.6 Å². The van der Waals surface area contributed by atoms with Crippen LogP contribution in [0.2, 0.25) is 0 Å². The number of methoxy groups -OCH3 is 2. The summed E-state index contributed by atoms with van der Waals surface area (Å²) in [5.41, 5.74) is 2.90. The fourth-order valence-electron chi connectivity index (χ4n) is 2.68. The highest BCUT2D eigenvalue weighted by Gasteiger charge is 2.15. The number of benzene rings is 2. The Balaban J connectivity index is 1.87. The van der Waals surface area contributed by atoms with Gasteiger partial charge < -0.3 is 18.8 Å². The number of alkyl halides is 1. The lowest BCUT2D eigenvalue weighted by Gasteiger charge is -2.21. The second kappa shape index (κ2) is 8.63. The summed E-state index contributed by atoms with van der Waals surface area (Å²) >= 11 is 5.87. The summed E-state index contributed by atoms with van der Waals surface area (Å²) in [4.78, 5) is 6.53. The van der Waals surface area contributed by atoms with Crippen molar-refractivity contribution < 1.29 is 13.9 Å². The molecular formula is C20H21ClN2O3. The number of nitrogens with zero attached hydrogens (tertiary/aromatic N) is 2. The van der Waals surface area contributed by atoms with Gasteiger partial charge in [0.15, 0.2) is 0 Å². The minimum Gasteiger partial charge on any atom is -0.497 e. The van der Waals surface area contributed by atoms with E-state index in [2.05, 4.69) is 9.88 Å². The zero-order valence-corrected chi connectivity index (χ0v) is 15.6. The van der Waals surface area contributed by atoms with Gasteiger partial charge in [0.2, 0.25) is 0 Å². The van der Waals surface area contributed by atoms with Crippen LogP contribution in [0.1, 0.15) is 16.8 Å². The smallest absolute Gasteiger partial charge is 0.298 e. The van der Waals surface area contributed by atoms with E-state index in [-0.39, 0.29) is 0 Å². The lowest BCUT2D eigenvalue weighted by Crippen LogP contribution is -2.22. The third-order valence-electron chi connectivity index (χ3n) is 3.96. The van der Waals surface area contributed by atoms with Gasteiger partial charge in [0.25, 0.3) is 6.01 Å². The van der Waals surface area contributed by atoms with E-state index >= 15 is 0 Å². The Kier molecular flexibility index (Phi) is 6.02. The molecule has 0 atom stereocenters. The van der Waals surface area contributed by atoms with Crippen LogP contribution in [0.4, 0.5) is 6.01 Å². The van der Waals surface area contributed by atoms with Crippen LogP contribution in [0.5, 0.6) is 11.5 Å². The quantitative estimate of drug-likeness (QED) is 0.539. The molecule has 0 unspecified atom stereocenters. The van der Waals surface area contributed by atoms with Gasteiger partial charge in [-0.3, -0.25) is 0 Å². The van der Waals surface area contributed by atoms with E-state index in [1.54, 1.807) is 20.5 Å². The number of hydrogen-bond acceptors (Lipinski definition) is 5. The molecule has 26 heavy (non-hydrogen) atoms. The number of rotatable bonds is 8. The molecule has 0 saturated heterocycles. The molecule has 0 aliphatic rings. The zero-order chi connectivity index (χ0) is 18.4. The molecule has 5 nitrogen and oxygen atoms in total. The highest BCUT2D eigenvalue weighted by molar-refractivity contribution is 6.16. The lowest BCUT2D eigenvalue weighted by atomic mass is 10.1. The molecule has 0 amide bonds. The third kappa shape index (κ3) is 4.49. The molecule has 3 rings (SSSR count). The standard InChI is InChI=1S/C20H21ClN2O3/c1-24-18-7-3-5-15(9-18)12-23(20-22-17(11-21)14-26-20)13-16-6-4-8-19(10-16)25-2/h3-10,14H,11-13H2,1-2H3. The molecule has 0 bridgehead atoms. The number of aromatic nitrogens is 1. The number of anilines is 1. The lowest BCUT2D eigenvalue weighted by molar-refractivity contribution is 0.414. The first-order valence-corrected chi connectivity index (χ1v) is 8.76. The molecule has 2 aromatic carbocycles. The van der Waals surface area contributed by atoms with E-state index in [0.29, 0.717) is 30.7 Å². The maximum atomic E-state index is 5.87. The molecule has 0 saturated carbocycles. The Morgan fingerprint density at radius 3 is 2.00 bits per heavy atom. The van der Waals surface area contributed by atoms with Crippen LogP contribution in [0.25, 0.3) is 0 Å². The predicted molar refractivity (Wildman–Crippen MR) is 102 cm³/mol. The van der Waals surface area contributed by atoms with Crippen LogP contribution in [0.3, 0.4) is 0 Å². The van der Waals surface area contributed by atoms with E-state index in [4.69, 9.17) is 25.5 Å². The molecule has 0 aliphatic carbocycles. The van der Waals surface area contributed by atoms with Gasteiger partial charge in [0.1, 0.15) is 17.8 Å². The van der Waals surface area contributed by atoms with Gasteiger partial charge in [-0.1, -0.05) is 24.3 Å². The fraction of sp³-hybridized carbons (Fsp3) is 0.250. The summed E-state index contributed by atoms with van der Waals surface area (Å²) < 4.78 is 16.3. The summed E-state index contributed by atoms with van der Waals surface area (Å²) in [5.74, 6) is 1.95. The van der Waals surface area contributed by atoms with Crippen molar-refractivity contribution in [1.82, 2.24) is 4.98 Å². The first kappa shape index (κ1) is 18.1. The van der Waals surface area contributed by atoms with Crippen molar-refractivity contribution in [2.24, 2.45) is 0 Å². The average Bonchev–Trinajstić information content (AvgIpc) is 3.17. The Labute approximate surface area is 158 Å². The molecule has 1 heterocycles. The average molecular weight is 373 g/mol. The number of hydrogen-bond donors (Lipinski definition) is 0. The first-order valence-electron chi connectivity index (χ1n) is 8.23. The van der Waals surface area contributed by atoms with Gasteiger partial charge >= 0.3 is 0 Å². The Hall–Kier alpha value is -2.66. The predicted octanol–water partition coefficient (Wildman–Crippen LogP) is 4.64. The van der Waals surface area contributed by atoms with E-state index in [1.807, 2.05) is 48.5 Å². The topological polar surface area (TPSA) is 47.7 Å². The van der Waals surface area contributed by atoms with E-state index in [1.165, 1.54) is 0 Å². The molecule has 0 aliphatic heterocycles. The molecule has 3 aromatic rings. The Bertz CT molecular complexity index is 801. The monoisotopic (exact) mass is 372 g/mol. The normalized spacial score (nSPS) is 10.6. The highest BCUT2D eigenvalue weighted by atomic mass is 35.5. The molecule has 0 N–H and O–H groups in total. The van der Waals surface area contributed by atoms with E-state index < -0.39 is 0 Å². The van der Waals surface area contributed by atoms with Crippen molar-refractivity contribution in [1.29, 1.82) is 0 Å². The zero-order valence-electron chi connectivity index (χ0n) is 14.8. The first-order chi connectivity index (χ1) is 12.7. The SMILES string of the molecule is COc1cccc(CN(Cc2cccc(OC)c2)c2nc(CCl)co2)c1. The van der Waals surface area contributed by atoms with Gasteiger partial charge in [-0.2, -0.15) is 4.98 Å². The molecule has 1 aromatic heterocycles. The van der Waals surface area contributed by atoms with Crippen LogP contribution in [-0.2, 0) is 19.0 Å². The molecule has 0 fully saturated rings. The minimum atomic E-state index is 0.315. The van der Waals surface area contributed by atoms with Crippen LogP contribution in [0, 0.1) is 0 Å². The van der Waals surface area contributed by atoms with Gasteiger partial charge in [0, 0.05) is 13.1 Å². The molecule has 0 radical (unpaired) electrons. The fourth-order valence-corrected chi connectivity index (χ4v) is 2.80. The van der Waals surface area contributed by atoms with Crippen molar-refractivity contribution in [3.8, 4) is 11.5 Å². The number of oxazole rings is 1. The Morgan fingerprint density at radius 2 is 1.54 bits per heavy atom. The summed E-state index contributed by atoms with van der Waals surface area (Å²) in [6.45, 7) is 1.24. The van der Waals surface area contributed by atoms with Crippen LogP contribution < -0.4 is 14.4 Å². The summed E-state index contributed by atoms with van der Waals surface area (Å²) in [7, 11) is 3.32. The largest absolute Gasteiger partial charge is 0.497 e. The van der Waals surface area contributed by atoms with Crippen molar-refractivity contribution in [2.75, 3.05) is 19.1 Å². The number of halogens is 1. The summed E-state index contributed by atoms with van der Waals surface area (Å²) in [6, 6.07) is 16.4. The molecule has 136 valence electrons. The second-order valence-electron chi connectivity index (χ2n) is 5.81. The maximum Gasteiger partial charge on any atom is 0.298 e. The van der Waals surface area contributed by atoms with Gasteiger partial charge in [-0.15, -0.1) is 11.6 Å². The summed E-state index contributed by atoms with van der Waals surface area (Å²) in [6.07, 6.45) is 1.59. The summed E-state index contributed by atoms with van der Waals surface area (Å²) in [5, 5.41) is 0. The molecular weight excluding hydrogens is 352 g/mol. The van der Waals surface area contributed by atoms with Gasteiger partial charge in [-0.25, -0.2) is 0 Å². The van der Waals surface area contributed by atoms with E-state index in [9.17, 15) is 0 Å². The van der Waals surface area contributed by atoms with Gasteiger partial charge in [0.05, 0.1) is 25.8 Å². The van der Waals surface area contributed by atoms with Crippen LogP contribution in [0.15, 0.2) is 59.2 Å². The van der Waals surface area contributed by atoms with E-state index in [0.717, 1.165) is 22.6 Å². The van der Waals surface area contributed by atoms with Crippen molar-refractivity contribution in [3.63, 3.8) is 0 Å². The maximum absolute atomic E-state index is 5.87. The Morgan fingerprint density at radius 1 is 0.962 bits per heavy atom. The molecule has 6 heteroatoms. The number of ether oxygens (including phenoxy) is 2. The van der Waals surface area contributed by atoms with Crippen molar-refractivity contribution in [2.45, 2.75) is 19.0 Å². The highest BCUT2D eigenvalue weighted by Crippen LogP contribution is 2.23. The second-order valence-corrected chi connectivity index (χ2v) is 6.08. The minimum absolute atomic E-state index is 0.315. The van der Waals surface area contributed by atoms with Gasteiger partial charge in [-0.05, 0) is 35.4 Å². The van der Waals surface area contributed by atoms with Crippen LogP contribution >= 0.6 is 11.6 Å². The molecule has 0 spiro atoms. The van der Waals surface area contributed by atoms with Crippen LogP contribution in [-0.4, -0.2) is 19.2 Å². The third-order valence-corrected chi connectivity index (χ3v) is 4.24.